The lowest BCUT2D eigenvalue weighted by Gasteiger charge is -2.14. The molecule has 0 atom stereocenters. The van der Waals surface area contributed by atoms with Gasteiger partial charge in [0, 0.05) is 110 Å². The van der Waals surface area contributed by atoms with Gasteiger partial charge in [-0.3, -0.25) is 14.1 Å². The molecule has 616 valence electrons. The lowest BCUT2D eigenvalue weighted by Crippen LogP contribution is -2.06. The SMILES string of the molecule is c1ccc(-c2ccc(-c3cccc(-n4c5cccc6c7ccccc7n7c8ccccc8c8ccc4c(c65)c87)c3)nc2)cc1.c1ccc(-c2ccc(-c3nc(-n4c5cccc6c5c5c7c(cccc7ccc54)-c4ccccc4-6)nc4ccccc34)cc2)cc1.c1ccc(-c2nc(-c3ccccc3)nc(-n3c4cccc5c6ccccc6n6c7ccccc7c7ccc3c(c54)c76)n2)cc1. The van der Waals surface area contributed by atoms with Gasteiger partial charge in [0.15, 0.2) is 11.6 Å². The normalized spacial score (nSPS) is 12.1. The Balaban J connectivity index is 0.0000000996. The summed E-state index contributed by atoms with van der Waals surface area (Å²) in [5.41, 5.74) is 31.9. The summed E-state index contributed by atoms with van der Waals surface area (Å²) >= 11 is 0. The Bertz CT molecular complexity index is 9760. The first kappa shape index (κ1) is 74.1. The molecular formula is C122H73N11. The third kappa shape index (κ3) is 11.2. The zero-order valence-corrected chi connectivity index (χ0v) is 71.6. The summed E-state index contributed by atoms with van der Waals surface area (Å²) < 4.78 is 11.9. The Kier molecular flexibility index (Phi) is 16.3. The highest BCUT2D eigenvalue weighted by molar-refractivity contribution is 6.36. The van der Waals surface area contributed by atoms with E-state index < -0.39 is 0 Å². The summed E-state index contributed by atoms with van der Waals surface area (Å²) in [4.78, 5) is 30.7. The van der Waals surface area contributed by atoms with Crippen LogP contribution in [-0.4, -0.2) is 52.4 Å². The molecule has 0 saturated carbocycles. The molecule has 11 nitrogen and oxygen atoms in total. The second-order valence-corrected chi connectivity index (χ2v) is 34.7. The predicted molar refractivity (Wildman–Crippen MR) is 550 cm³/mol. The first-order valence-corrected chi connectivity index (χ1v) is 45.2. The average Bonchev–Trinajstić information content (AvgIpc) is 1.51. The van der Waals surface area contributed by atoms with Gasteiger partial charge in [0.2, 0.25) is 11.9 Å². The standard InChI is InChI=1S/C42H25N3.C41H25N3.C39H23N5/c1-2-10-26(11-3-1)27-20-22-29(23-21-27)41-34-15-6-7-18-35(34)43-42(44-41)45-36-19-9-17-33-31-14-5-4-13-30(31)32-16-8-12-28-24-25-37(45)40(38(28)32)39(33)36;1-2-10-26(11-3-1)28-20-22-34(42-25-28)27-12-8-13-29(24-27)43-37-19-9-16-32-30-14-4-6-17-35(30)44-36-18-7-5-15-31(36)33-21-23-38(43)40(39(32)37)41(33)44;1-3-12-24(13-4-1)37-40-38(25-14-5-2-6-15-25)42-39(41-37)44-32-21-11-18-28-26-16-7-9-19-30(26)43-31-20-10-8-17-27(31)29-22-23-33(44)35(34(28)32)36(29)43/h1-25H;1-25H;1-23H. The van der Waals surface area contributed by atoms with Crippen LogP contribution in [-0.2, 0) is 0 Å². The number of benzene rings is 19. The topological polar surface area (TPSA) is 101 Å². The van der Waals surface area contributed by atoms with Crippen molar-refractivity contribution in [1.29, 1.82) is 0 Å². The van der Waals surface area contributed by atoms with Crippen LogP contribution in [0.4, 0.5) is 0 Å². The smallest absolute Gasteiger partial charge is 0.238 e. The van der Waals surface area contributed by atoms with E-state index in [0.29, 0.717) is 23.5 Å². The largest absolute Gasteiger partial charge is 0.309 e. The summed E-state index contributed by atoms with van der Waals surface area (Å²) in [7, 11) is 0. The first-order chi connectivity index (χ1) is 66.0. The maximum atomic E-state index is 5.36. The van der Waals surface area contributed by atoms with E-state index in [1.807, 2.05) is 48.7 Å². The van der Waals surface area contributed by atoms with Crippen LogP contribution in [0.15, 0.2) is 443 Å². The maximum absolute atomic E-state index is 5.36. The molecule has 1 aliphatic rings. The number of aromatic nitrogens is 11. The van der Waals surface area contributed by atoms with Crippen molar-refractivity contribution in [2.45, 2.75) is 0 Å². The van der Waals surface area contributed by atoms with Crippen LogP contribution >= 0.6 is 0 Å². The molecule has 0 radical (unpaired) electrons. The molecule has 0 bridgehead atoms. The lowest BCUT2D eigenvalue weighted by atomic mass is 9.93. The quantitative estimate of drug-likeness (QED) is 0.143. The van der Waals surface area contributed by atoms with Crippen LogP contribution in [0.1, 0.15) is 0 Å². The number of hydrogen-bond donors (Lipinski definition) is 0. The second-order valence-electron chi connectivity index (χ2n) is 34.7. The van der Waals surface area contributed by atoms with Gasteiger partial charge in [0.05, 0.1) is 83.1 Å². The number of para-hydroxylation sites is 5. The van der Waals surface area contributed by atoms with Gasteiger partial charge in [0.25, 0.3) is 0 Å². The van der Waals surface area contributed by atoms with Crippen molar-refractivity contribution in [2.24, 2.45) is 0 Å². The van der Waals surface area contributed by atoms with E-state index in [-0.39, 0.29) is 0 Å². The van der Waals surface area contributed by atoms with Crippen LogP contribution in [0.25, 0.3) is 271 Å². The number of nitrogens with zero attached hydrogens (tertiary/aromatic N) is 11. The van der Waals surface area contributed by atoms with Crippen molar-refractivity contribution < 1.29 is 0 Å². The van der Waals surface area contributed by atoms with E-state index in [9.17, 15) is 0 Å². The van der Waals surface area contributed by atoms with Gasteiger partial charge in [-0.25, -0.2) is 15.0 Å². The molecule has 30 rings (SSSR count). The molecule has 1 aliphatic carbocycles. The zero-order chi connectivity index (χ0) is 87.0. The molecule has 0 amide bonds. The Morgan fingerprint density at radius 1 is 0.188 bits per heavy atom. The summed E-state index contributed by atoms with van der Waals surface area (Å²) in [6.07, 6.45) is 1.98. The van der Waals surface area contributed by atoms with Crippen molar-refractivity contribution in [2.75, 3.05) is 0 Å². The fraction of sp³-hybridized carbons (Fsp3) is 0. The highest BCUT2D eigenvalue weighted by Crippen LogP contribution is 2.52. The van der Waals surface area contributed by atoms with Crippen LogP contribution in [0, 0.1) is 0 Å². The third-order valence-corrected chi connectivity index (χ3v) is 27.6. The van der Waals surface area contributed by atoms with E-state index >= 15 is 0 Å². The number of rotatable bonds is 9. The summed E-state index contributed by atoms with van der Waals surface area (Å²) in [6.45, 7) is 0. The molecule has 133 heavy (non-hydrogen) atoms. The van der Waals surface area contributed by atoms with Gasteiger partial charge in [-0.2, -0.15) is 9.97 Å². The molecule has 0 aliphatic heterocycles. The van der Waals surface area contributed by atoms with Crippen molar-refractivity contribution >= 4 is 163 Å². The van der Waals surface area contributed by atoms with Crippen LogP contribution in [0.3, 0.4) is 0 Å². The van der Waals surface area contributed by atoms with Gasteiger partial charge in [-0.15, -0.1) is 0 Å². The fourth-order valence-corrected chi connectivity index (χ4v) is 21.9. The molecule has 19 aromatic carbocycles. The zero-order valence-electron chi connectivity index (χ0n) is 71.6. The Labute approximate surface area is 760 Å². The molecule has 0 saturated heterocycles. The van der Waals surface area contributed by atoms with E-state index in [1.54, 1.807) is 0 Å². The molecule has 0 unspecified atom stereocenters. The van der Waals surface area contributed by atoms with E-state index in [0.717, 1.165) is 77.9 Å². The molecule has 29 aromatic rings. The molecule has 10 aromatic heterocycles. The van der Waals surface area contributed by atoms with E-state index in [2.05, 4.69) is 417 Å². The second kappa shape index (κ2) is 29.2. The van der Waals surface area contributed by atoms with Gasteiger partial charge < -0.3 is 13.4 Å². The van der Waals surface area contributed by atoms with E-state index in [4.69, 9.17) is 29.9 Å². The fourth-order valence-electron chi connectivity index (χ4n) is 21.9. The molecule has 0 fully saturated rings. The minimum Gasteiger partial charge on any atom is -0.309 e. The van der Waals surface area contributed by atoms with Gasteiger partial charge in [0.1, 0.15) is 0 Å². The Morgan fingerprint density at radius 2 is 0.571 bits per heavy atom. The highest BCUT2D eigenvalue weighted by Gasteiger charge is 2.30. The van der Waals surface area contributed by atoms with Gasteiger partial charge >= 0.3 is 0 Å². The highest BCUT2D eigenvalue weighted by atomic mass is 15.2. The van der Waals surface area contributed by atoms with Crippen LogP contribution < -0.4 is 0 Å². The Hall–Kier alpha value is -18.1. The molecule has 10 heterocycles. The van der Waals surface area contributed by atoms with E-state index in [1.165, 1.54) is 169 Å². The van der Waals surface area contributed by atoms with Crippen molar-refractivity contribution in [1.82, 2.24) is 52.4 Å². The summed E-state index contributed by atoms with van der Waals surface area (Å²) in [6, 6.07) is 156. The Morgan fingerprint density at radius 3 is 1.14 bits per heavy atom. The monoisotopic (exact) mass is 1690 g/mol. The van der Waals surface area contributed by atoms with Crippen molar-refractivity contribution in [3.8, 4) is 107 Å². The summed E-state index contributed by atoms with van der Waals surface area (Å²) in [5.74, 6) is 2.57. The maximum Gasteiger partial charge on any atom is 0.238 e. The number of hydrogen-bond acceptors (Lipinski definition) is 6. The predicted octanol–water partition coefficient (Wildman–Crippen LogP) is 31.0. The molecule has 0 spiro atoms. The third-order valence-electron chi connectivity index (χ3n) is 27.6. The first-order valence-electron chi connectivity index (χ1n) is 45.2. The van der Waals surface area contributed by atoms with Crippen LogP contribution in [0.5, 0.6) is 0 Å². The molecule has 0 N–H and O–H groups in total. The minimum atomic E-state index is 0.603. The lowest BCUT2D eigenvalue weighted by molar-refractivity contribution is 0.954. The minimum absolute atomic E-state index is 0.603. The van der Waals surface area contributed by atoms with Crippen LogP contribution in [0.2, 0.25) is 0 Å². The number of pyridine rings is 1. The van der Waals surface area contributed by atoms with Crippen molar-refractivity contribution in [3.05, 3.63) is 443 Å². The van der Waals surface area contributed by atoms with Gasteiger partial charge in [-0.1, -0.05) is 352 Å². The van der Waals surface area contributed by atoms with Gasteiger partial charge in [-0.05, 0) is 145 Å². The number of fused-ring (bicyclic) bond motifs is 16. The average molecular weight is 1690 g/mol. The molecular weight excluding hydrogens is 1620 g/mol. The molecule has 11 heteroatoms. The summed E-state index contributed by atoms with van der Waals surface area (Å²) in [5, 5.41) is 21.1. The van der Waals surface area contributed by atoms with Crippen molar-refractivity contribution in [3.63, 3.8) is 0 Å².